The first-order valence-corrected chi connectivity index (χ1v) is 9.87. The Bertz CT molecular complexity index is 614. The van der Waals surface area contributed by atoms with E-state index in [0.717, 1.165) is 0 Å². The Morgan fingerprint density at radius 1 is 1.03 bits per heavy atom. The number of nitrogens with two attached hydrogens (primary N) is 3. The number of aliphatic carboxylic acids is 1. The standard InChI is InChI=1S/C18H34N6O6/c1-3-10(2)15(17(28)23-12(18(29)30)6-4-5-7-19)24-14(26)9-22-16(27)11(20)8-13(21)25/h10-12,15H,3-9,19-20H2,1-2H3,(H2,21,25)(H,22,27)(H,23,28)(H,24,26)(H,29,30). The summed E-state index contributed by atoms with van der Waals surface area (Å²) in [6, 6.07) is -3.28. The van der Waals surface area contributed by atoms with Crippen LogP contribution in [0, 0.1) is 5.92 Å². The third kappa shape index (κ3) is 10.7. The van der Waals surface area contributed by atoms with Crippen molar-refractivity contribution < 1.29 is 29.1 Å². The van der Waals surface area contributed by atoms with Crippen LogP contribution in [-0.4, -0.2) is 65.9 Å². The lowest BCUT2D eigenvalue weighted by Crippen LogP contribution is -2.56. The summed E-state index contributed by atoms with van der Waals surface area (Å²) in [5.41, 5.74) is 15.9. The molecule has 30 heavy (non-hydrogen) atoms. The molecule has 10 N–H and O–H groups in total. The maximum atomic E-state index is 12.6. The fourth-order valence-corrected chi connectivity index (χ4v) is 2.55. The van der Waals surface area contributed by atoms with Gasteiger partial charge in [0.25, 0.3) is 0 Å². The highest BCUT2D eigenvalue weighted by molar-refractivity contribution is 5.93. The lowest BCUT2D eigenvalue weighted by atomic mass is 9.97. The number of carboxylic acid groups (broad SMARTS) is 1. The first-order chi connectivity index (χ1) is 14.0. The molecule has 12 nitrogen and oxygen atoms in total. The third-order valence-corrected chi connectivity index (χ3v) is 4.55. The second kappa shape index (κ2) is 14.3. The first-order valence-electron chi connectivity index (χ1n) is 9.87. The first kappa shape index (κ1) is 27.3. The van der Waals surface area contributed by atoms with Crippen molar-refractivity contribution in [3.63, 3.8) is 0 Å². The van der Waals surface area contributed by atoms with E-state index in [2.05, 4.69) is 16.0 Å². The highest BCUT2D eigenvalue weighted by Crippen LogP contribution is 2.09. The third-order valence-electron chi connectivity index (χ3n) is 4.55. The normalized spacial score (nSPS) is 14.7. The van der Waals surface area contributed by atoms with Crippen molar-refractivity contribution in [3.8, 4) is 0 Å². The number of nitrogens with one attached hydrogen (secondary N) is 3. The molecule has 0 aromatic carbocycles. The van der Waals surface area contributed by atoms with Crippen LogP contribution in [0.2, 0.25) is 0 Å². The number of hydrogen-bond donors (Lipinski definition) is 7. The van der Waals surface area contributed by atoms with Gasteiger partial charge in [0.05, 0.1) is 19.0 Å². The average molecular weight is 431 g/mol. The summed E-state index contributed by atoms with van der Waals surface area (Å²) in [5, 5.41) is 16.5. The van der Waals surface area contributed by atoms with Crippen molar-refractivity contribution in [3.05, 3.63) is 0 Å². The van der Waals surface area contributed by atoms with Crippen molar-refractivity contribution in [1.29, 1.82) is 0 Å². The van der Waals surface area contributed by atoms with E-state index in [0.29, 0.717) is 25.8 Å². The maximum Gasteiger partial charge on any atom is 0.326 e. The van der Waals surface area contributed by atoms with E-state index in [9.17, 15) is 29.1 Å². The van der Waals surface area contributed by atoms with Gasteiger partial charge in [-0.3, -0.25) is 19.2 Å². The SMILES string of the molecule is CCC(C)C(NC(=O)CNC(=O)C(N)CC(N)=O)C(=O)NC(CCCCN)C(=O)O. The van der Waals surface area contributed by atoms with Gasteiger partial charge in [-0.2, -0.15) is 0 Å². The summed E-state index contributed by atoms with van der Waals surface area (Å²) >= 11 is 0. The average Bonchev–Trinajstić information content (AvgIpc) is 2.67. The largest absolute Gasteiger partial charge is 0.480 e. The lowest BCUT2D eigenvalue weighted by molar-refractivity contribution is -0.142. The van der Waals surface area contributed by atoms with Crippen molar-refractivity contribution in [2.24, 2.45) is 23.1 Å². The second-order valence-electron chi connectivity index (χ2n) is 7.11. The molecule has 0 spiro atoms. The molecular formula is C18H34N6O6. The van der Waals surface area contributed by atoms with Crippen LogP contribution in [0.4, 0.5) is 0 Å². The Kier molecular flexibility index (Phi) is 13.0. The molecule has 0 fully saturated rings. The molecule has 12 heteroatoms. The molecule has 0 radical (unpaired) electrons. The van der Waals surface area contributed by atoms with Gasteiger partial charge in [-0.25, -0.2) is 4.79 Å². The van der Waals surface area contributed by atoms with E-state index in [1.807, 2.05) is 6.92 Å². The molecule has 0 heterocycles. The van der Waals surface area contributed by atoms with Crippen LogP contribution in [0.3, 0.4) is 0 Å². The zero-order valence-electron chi connectivity index (χ0n) is 17.5. The quantitative estimate of drug-likeness (QED) is 0.138. The Morgan fingerprint density at radius 3 is 2.17 bits per heavy atom. The minimum atomic E-state index is -1.19. The zero-order valence-corrected chi connectivity index (χ0v) is 17.5. The van der Waals surface area contributed by atoms with E-state index in [1.54, 1.807) is 6.92 Å². The van der Waals surface area contributed by atoms with E-state index in [4.69, 9.17) is 17.2 Å². The van der Waals surface area contributed by atoms with Crippen LogP contribution >= 0.6 is 0 Å². The fourth-order valence-electron chi connectivity index (χ4n) is 2.55. The topological polar surface area (TPSA) is 220 Å². The molecule has 0 aliphatic rings. The van der Waals surface area contributed by atoms with Crippen LogP contribution in [0.25, 0.3) is 0 Å². The second-order valence-corrected chi connectivity index (χ2v) is 7.11. The molecule has 4 unspecified atom stereocenters. The molecule has 4 atom stereocenters. The number of hydrogen-bond acceptors (Lipinski definition) is 7. The van der Waals surface area contributed by atoms with Crippen LogP contribution in [0.1, 0.15) is 46.0 Å². The Balaban J connectivity index is 4.91. The summed E-state index contributed by atoms with van der Waals surface area (Å²) < 4.78 is 0. The number of primary amides is 1. The van der Waals surface area contributed by atoms with Gasteiger partial charge < -0.3 is 38.3 Å². The number of unbranched alkanes of at least 4 members (excludes halogenated alkanes) is 1. The van der Waals surface area contributed by atoms with Crippen molar-refractivity contribution >= 4 is 29.6 Å². The van der Waals surface area contributed by atoms with Gasteiger partial charge in [0, 0.05) is 0 Å². The Hall–Kier alpha value is -2.73. The molecule has 0 aromatic heterocycles. The molecule has 0 saturated heterocycles. The molecule has 0 aliphatic carbocycles. The predicted octanol–water partition coefficient (Wildman–Crippen LogP) is -2.47. The van der Waals surface area contributed by atoms with Gasteiger partial charge in [0.15, 0.2) is 0 Å². The highest BCUT2D eigenvalue weighted by Gasteiger charge is 2.29. The molecule has 4 amide bonds. The van der Waals surface area contributed by atoms with Crippen molar-refractivity contribution in [2.75, 3.05) is 13.1 Å². The molecule has 172 valence electrons. The van der Waals surface area contributed by atoms with Crippen molar-refractivity contribution in [2.45, 2.75) is 64.1 Å². The minimum absolute atomic E-state index is 0.216. The van der Waals surface area contributed by atoms with Gasteiger partial charge in [0.1, 0.15) is 12.1 Å². The van der Waals surface area contributed by atoms with Gasteiger partial charge in [-0.05, 0) is 31.7 Å². The van der Waals surface area contributed by atoms with Crippen LogP contribution in [0.15, 0.2) is 0 Å². The molecule has 0 bridgehead atoms. The van der Waals surface area contributed by atoms with E-state index in [-0.39, 0.29) is 18.8 Å². The Labute approximate surface area is 175 Å². The minimum Gasteiger partial charge on any atom is -0.480 e. The van der Waals surface area contributed by atoms with Gasteiger partial charge in [0.2, 0.25) is 23.6 Å². The van der Waals surface area contributed by atoms with E-state index < -0.39 is 54.3 Å². The van der Waals surface area contributed by atoms with Gasteiger partial charge in [-0.15, -0.1) is 0 Å². The summed E-state index contributed by atoms with van der Waals surface area (Å²) in [4.78, 5) is 58.8. The monoisotopic (exact) mass is 430 g/mol. The zero-order chi connectivity index (χ0) is 23.3. The highest BCUT2D eigenvalue weighted by atomic mass is 16.4. The summed E-state index contributed by atoms with van der Waals surface area (Å²) in [7, 11) is 0. The number of amides is 4. The van der Waals surface area contributed by atoms with Crippen LogP contribution < -0.4 is 33.2 Å². The van der Waals surface area contributed by atoms with E-state index >= 15 is 0 Å². The number of carbonyl (C=O) groups excluding carboxylic acids is 4. The molecule has 0 aliphatic heterocycles. The van der Waals surface area contributed by atoms with Crippen LogP contribution in [0.5, 0.6) is 0 Å². The number of rotatable bonds is 15. The Morgan fingerprint density at radius 2 is 1.67 bits per heavy atom. The summed E-state index contributed by atoms with van der Waals surface area (Å²) in [5.74, 6) is -4.25. The maximum absolute atomic E-state index is 12.6. The number of carbonyl (C=O) groups is 5. The van der Waals surface area contributed by atoms with Gasteiger partial charge in [-0.1, -0.05) is 20.3 Å². The predicted molar refractivity (Wildman–Crippen MR) is 109 cm³/mol. The summed E-state index contributed by atoms with van der Waals surface area (Å²) in [6.07, 6.45) is 1.55. The molecular weight excluding hydrogens is 396 g/mol. The van der Waals surface area contributed by atoms with Crippen molar-refractivity contribution in [1.82, 2.24) is 16.0 Å². The summed E-state index contributed by atoms with van der Waals surface area (Å²) in [6.45, 7) is 3.50. The molecule has 0 saturated carbocycles. The van der Waals surface area contributed by atoms with Crippen LogP contribution in [-0.2, 0) is 24.0 Å². The van der Waals surface area contributed by atoms with E-state index in [1.165, 1.54) is 0 Å². The lowest BCUT2D eigenvalue weighted by Gasteiger charge is -2.25. The smallest absolute Gasteiger partial charge is 0.326 e. The molecule has 0 rings (SSSR count). The molecule has 0 aromatic rings. The fraction of sp³-hybridized carbons (Fsp3) is 0.722. The number of carboxylic acids is 1. The van der Waals surface area contributed by atoms with Gasteiger partial charge >= 0.3 is 5.97 Å².